The topological polar surface area (TPSA) is 88.1 Å². The molecule has 0 bridgehead atoms. The summed E-state index contributed by atoms with van der Waals surface area (Å²) in [6.07, 6.45) is -1.98. The molecule has 1 saturated carbocycles. The van der Waals surface area contributed by atoms with Crippen molar-refractivity contribution in [1.82, 2.24) is 0 Å². The maximum atomic E-state index is 11.6. The summed E-state index contributed by atoms with van der Waals surface area (Å²) in [5, 5.41) is 0. The van der Waals surface area contributed by atoms with Crippen LogP contribution in [0, 0.1) is 0 Å². The minimum Gasteiger partial charge on any atom is -0.458 e. The Morgan fingerprint density at radius 1 is 0.808 bits per heavy atom. The van der Waals surface area contributed by atoms with E-state index in [9.17, 15) is 14.4 Å². The average molecular weight is 364 g/mol. The summed E-state index contributed by atoms with van der Waals surface area (Å²) < 4.78 is 21.9. The molecule has 7 nitrogen and oxygen atoms in total. The minimum absolute atomic E-state index is 0.328. The lowest BCUT2D eigenvalue weighted by molar-refractivity contribution is -0.209. The van der Waals surface area contributed by atoms with E-state index < -0.39 is 42.3 Å². The van der Waals surface area contributed by atoms with Crippen LogP contribution in [-0.4, -0.2) is 42.3 Å². The van der Waals surface area contributed by atoms with Crippen molar-refractivity contribution in [3.05, 3.63) is 35.9 Å². The van der Waals surface area contributed by atoms with Crippen molar-refractivity contribution >= 4 is 17.9 Å². The van der Waals surface area contributed by atoms with Gasteiger partial charge in [0.25, 0.3) is 0 Å². The smallest absolute Gasteiger partial charge is 0.303 e. The van der Waals surface area contributed by atoms with Crippen LogP contribution in [0.4, 0.5) is 0 Å². The Morgan fingerprint density at radius 3 is 1.85 bits per heavy atom. The number of esters is 3. The van der Waals surface area contributed by atoms with Gasteiger partial charge in [0, 0.05) is 20.8 Å². The fourth-order valence-corrected chi connectivity index (χ4v) is 3.04. The standard InChI is InChI=1S/C19H24O7/c1-12(20)24-17-10-9-16(23-11-15-7-5-4-6-8-15)18(25-13(2)21)19(17)26-14(3)22/h4-8,16-19H,9-11H2,1-3H3/t16-,17-,18+,19-/m1/s1. The lowest BCUT2D eigenvalue weighted by atomic mass is 9.88. The molecule has 0 spiro atoms. The molecule has 0 saturated heterocycles. The molecule has 1 aliphatic carbocycles. The fraction of sp³-hybridized carbons (Fsp3) is 0.526. The zero-order valence-corrected chi connectivity index (χ0v) is 15.2. The Kier molecular flexibility index (Phi) is 7.15. The number of ether oxygens (including phenoxy) is 4. The second-order valence-electron chi connectivity index (χ2n) is 6.21. The first-order valence-corrected chi connectivity index (χ1v) is 8.54. The second kappa shape index (κ2) is 9.33. The predicted octanol–water partition coefficient (Wildman–Crippen LogP) is 2.16. The molecule has 2 rings (SSSR count). The molecule has 7 heteroatoms. The van der Waals surface area contributed by atoms with Crippen LogP contribution in [0.5, 0.6) is 0 Å². The van der Waals surface area contributed by atoms with Crippen molar-refractivity contribution in [2.75, 3.05) is 0 Å². The molecular formula is C19H24O7. The number of hydrogen-bond donors (Lipinski definition) is 0. The molecular weight excluding hydrogens is 340 g/mol. The number of rotatable bonds is 6. The van der Waals surface area contributed by atoms with Crippen molar-refractivity contribution in [3.63, 3.8) is 0 Å². The Hall–Kier alpha value is -2.41. The molecule has 142 valence electrons. The number of carbonyl (C=O) groups is 3. The van der Waals surface area contributed by atoms with Crippen LogP contribution in [0.3, 0.4) is 0 Å². The van der Waals surface area contributed by atoms with Crippen LogP contribution in [0.15, 0.2) is 30.3 Å². The van der Waals surface area contributed by atoms with Gasteiger partial charge in [-0.25, -0.2) is 0 Å². The van der Waals surface area contributed by atoms with E-state index in [4.69, 9.17) is 18.9 Å². The van der Waals surface area contributed by atoms with Gasteiger partial charge in [-0.05, 0) is 18.4 Å². The van der Waals surface area contributed by atoms with Crippen molar-refractivity contribution in [2.24, 2.45) is 0 Å². The first-order valence-electron chi connectivity index (χ1n) is 8.54. The van der Waals surface area contributed by atoms with E-state index in [1.54, 1.807) is 0 Å². The first-order chi connectivity index (χ1) is 12.4. The van der Waals surface area contributed by atoms with Gasteiger partial charge >= 0.3 is 17.9 Å². The number of benzene rings is 1. The zero-order chi connectivity index (χ0) is 19.1. The van der Waals surface area contributed by atoms with Crippen LogP contribution < -0.4 is 0 Å². The van der Waals surface area contributed by atoms with Gasteiger partial charge < -0.3 is 18.9 Å². The van der Waals surface area contributed by atoms with Gasteiger partial charge in [-0.3, -0.25) is 14.4 Å². The van der Waals surface area contributed by atoms with E-state index in [2.05, 4.69) is 0 Å². The molecule has 0 radical (unpaired) electrons. The molecule has 0 N–H and O–H groups in total. The molecule has 1 fully saturated rings. The van der Waals surface area contributed by atoms with Gasteiger partial charge in [0.05, 0.1) is 12.7 Å². The summed E-state index contributed by atoms with van der Waals surface area (Å²) in [5.41, 5.74) is 0.972. The maximum absolute atomic E-state index is 11.6. The van der Waals surface area contributed by atoms with E-state index in [0.717, 1.165) is 5.56 Å². The predicted molar refractivity (Wildman–Crippen MR) is 90.9 cm³/mol. The third-order valence-electron chi connectivity index (χ3n) is 4.02. The molecule has 0 heterocycles. The van der Waals surface area contributed by atoms with Crippen molar-refractivity contribution in [2.45, 2.75) is 64.6 Å². The molecule has 1 aliphatic rings. The largest absolute Gasteiger partial charge is 0.458 e. The zero-order valence-electron chi connectivity index (χ0n) is 15.2. The molecule has 1 aromatic rings. The van der Waals surface area contributed by atoms with E-state index in [-0.39, 0.29) is 0 Å². The van der Waals surface area contributed by atoms with Crippen LogP contribution in [0.2, 0.25) is 0 Å². The average Bonchev–Trinajstić information content (AvgIpc) is 2.56. The van der Waals surface area contributed by atoms with E-state index >= 15 is 0 Å². The molecule has 0 aromatic heterocycles. The molecule has 0 amide bonds. The summed E-state index contributed by atoms with van der Waals surface area (Å²) in [6.45, 7) is 4.14. The van der Waals surface area contributed by atoms with E-state index in [0.29, 0.717) is 19.4 Å². The summed E-state index contributed by atoms with van der Waals surface area (Å²) in [5.74, 6) is -1.56. The minimum atomic E-state index is -0.908. The molecule has 26 heavy (non-hydrogen) atoms. The van der Waals surface area contributed by atoms with Crippen molar-refractivity contribution in [3.8, 4) is 0 Å². The highest BCUT2D eigenvalue weighted by Crippen LogP contribution is 2.30. The second-order valence-corrected chi connectivity index (χ2v) is 6.21. The van der Waals surface area contributed by atoms with Gasteiger partial charge in [-0.1, -0.05) is 30.3 Å². The van der Waals surface area contributed by atoms with Gasteiger partial charge in [-0.15, -0.1) is 0 Å². The van der Waals surface area contributed by atoms with E-state index in [1.165, 1.54) is 20.8 Å². The van der Waals surface area contributed by atoms with Gasteiger partial charge in [0.15, 0.2) is 12.2 Å². The highest BCUT2D eigenvalue weighted by molar-refractivity contribution is 5.68. The molecule has 4 atom stereocenters. The third-order valence-corrected chi connectivity index (χ3v) is 4.02. The number of hydrogen-bond acceptors (Lipinski definition) is 7. The van der Waals surface area contributed by atoms with Crippen LogP contribution in [0.1, 0.15) is 39.2 Å². The van der Waals surface area contributed by atoms with Crippen LogP contribution in [-0.2, 0) is 39.9 Å². The maximum Gasteiger partial charge on any atom is 0.303 e. The summed E-state index contributed by atoms with van der Waals surface area (Å²) >= 11 is 0. The highest BCUT2D eigenvalue weighted by atomic mass is 16.6. The first kappa shape index (κ1) is 19.9. The number of carbonyl (C=O) groups excluding carboxylic acids is 3. The van der Waals surface area contributed by atoms with Gasteiger partial charge in [-0.2, -0.15) is 0 Å². The highest BCUT2D eigenvalue weighted by Gasteiger charge is 2.46. The molecule has 0 aliphatic heterocycles. The van der Waals surface area contributed by atoms with Gasteiger partial charge in [0.2, 0.25) is 0 Å². The Balaban J connectivity index is 2.16. The van der Waals surface area contributed by atoms with Crippen LogP contribution >= 0.6 is 0 Å². The van der Waals surface area contributed by atoms with E-state index in [1.807, 2.05) is 30.3 Å². The van der Waals surface area contributed by atoms with Crippen LogP contribution in [0.25, 0.3) is 0 Å². The lowest BCUT2D eigenvalue weighted by Crippen LogP contribution is -2.55. The van der Waals surface area contributed by atoms with Crippen molar-refractivity contribution < 1.29 is 33.3 Å². The molecule has 1 aromatic carbocycles. The third kappa shape index (κ3) is 5.84. The summed E-state index contributed by atoms with van der Waals surface area (Å²) in [6, 6.07) is 9.57. The Labute approximate surface area is 152 Å². The molecule has 0 unspecified atom stereocenters. The summed E-state index contributed by atoms with van der Waals surface area (Å²) in [4.78, 5) is 34.4. The Bertz CT molecular complexity index is 628. The summed E-state index contributed by atoms with van der Waals surface area (Å²) in [7, 11) is 0. The normalized spacial score (nSPS) is 25.2. The lowest BCUT2D eigenvalue weighted by Gasteiger charge is -2.40. The van der Waals surface area contributed by atoms with Gasteiger partial charge in [0.1, 0.15) is 6.10 Å². The monoisotopic (exact) mass is 364 g/mol. The fourth-order valence-electron chi connectivity index (χ4n) is 3.04. The Morgan fingerprint density at radius 2 is 1.31 bits per heavy atom. The van der Waals surface area contributed by atoms with Crippen molar-refractivity contribution in [1.29, 1.82) is 0 Å². The SMILES string of the molecule is CC(=O)O[C@@H]1[C@H](OC(C)=O)[C@H](OC(C)=O)CC[C@H]1OCc1ccccc1. The quantitative estimate of drug-likeness (QED) is 0.564.